The summed E-state index contributed by atoms with van der Waals surface area (Å²) in [6, 6.07) is 3.96. The first-order chi connectivity index (χ1) is 16.8. The van der Waals surface area contributed by atoms with Gasteiger partial charge in [-0.1, -0.05) is 64.4 Å². The topological polar surface area (TPSA) is 188 Å². The molecule has 36 heavy (non-hydrogen) atoms. The smallest absolute Gasteiger partial charge is 0.326 e. The Hall–Kier alpha value is -3.47. The quantitative estimate of drug-likeness (QED) is 0.200. The maximum Gasteiger partial charge on any atom is 0.326 e. The molecule has 0 saturated heterocycles. The van der Waals surface area contributed by atoms with Crippen molar-refractivity contribution in [2.75, 3.05) is 0 Å². The number of carboxylic acids is 2. The summed E-state index contributed by atoms with van der Waals surface area (Å²) in [5, 5.41) is 26.2. The monoisotopic (exact) mass is 506 g/mol. The average molecular weight is 507 g/mol. The van der Waals surface area contributed by atoms with Crippen LogP contribution in [0.4, 0.5) is 0 Å². The number of hydrogen-bond acceptors (Lipinski definition) is 6. The summed E-state index contributed by atoms with van der Waals surface area (Å²) in [6.07, 6.45) is 0.119. The van der Waals surface area contributed by atoms with Crippen molar-refractivity contribution >= 4 is 29.7 Å². The minimum atomic E-state index is -1.47. The molecule has 0 radical (unpaired) electrons. The van der Waals surface area contributed by atoms with Crippen LogP contribution in [0.15, 0.2) is 30.3 Å². The van der Waals surface area contributed by atoms with Crippen LogP contribution in [-0.2, 0) is 30.4 Å². The van der Waals surface area contributed by atoms with Crippen LogP contribution in [-0.4, -0.2) is 64.0 Å². The standard InChI is InChI=1S/C25H38N4O7/c1-5-15(4)21(24(34)28-19(25(35)36)12-16-9-7-6-8-10-16)29-23(33)18(13-20(30)31)27-22(32)17(26)11-14(2)3/h6-10,14-15,17-19,21H,5,11-13,26H2,1-4H3,(H,27,32)(H,28,34)(H,29,33)(H,30,31)(H,35,36). The molecule has 3 amide bonds. The highest BCUT2D eigenvalue weighted by Gasteiger charge is 2.33. The Labute approximate surface area is 211 Å². The van der Waals surface area contributed by atoms with Crippen molar-refractivity contribution in [2.24, 2.45) is 17.6 Å². The molecule has 200 valence electrons. The van der Waals surface area contributed by atoms with Crippen molar-refractivity contribution in [3.8, 4) is 0 Å². The first-order valence-electron chi connectivity index (χ1n) is 12.0. The number of benzene rings is 1. The molecule has 0 heterocycles. The molecule has 1 aromatic carbocycles. The number of carbonyl (C=O) groups is 5. The lowest BCUT2D eigenvalue weighted by Gasteiger charge is -2.28. The average Bonchev–Trinajstić information content (AvgIpc) is 2.80. The van der Waals surface area contributed by atoms with Gasteiger partial charge < -0.3 is 31.9 Å². The number of amides is 3. The van der Waals surface area contributed by atoms with Gasteiger partial charge in [0.15, 0.2) is 0 Å². The van der Waals surface area contributed by atoms with Gasteiger partial charge in [-0.15, -0.1) is 0 Å². The predicted molar refractivity (Wildman–Crippen MR) is 133 cm³/mol. The minimum Gasteiger partial charge on any atom is -0.481 e. The van der Waals surface area contributed by atoms with E-state index in [0.717, 1.165) is 0 Å². The lowest BCUT2D eigenvalue weighted by molar-refractivity contribution is -0.143. The fourth-order valence-electron chi connectivity index (χ4n) is 3.54. The van der Waals surface area contributed by atoms with Crippen molar-refractivity contribution in [1.29, 1.82) is 0 Å². The van der Waals surface area contributed by atoms with E-state index in [2.05, 4.69) is 16.0 Å². The fraction of sp³-hybridized carbons (Fsp3) is 0.560. The number of hydrogen-bond donors (Lipinski definition) is 6. The number of carbonyl (C=O) groups excluding carboxylic acids is 3. The van der Waals surface area contributed by atoms with Gasteiger partial charge in [0.1, 0.15) is 18.1 Å². The van der Waals surface area contributed by atoms with Crippen molar-refractivity contribution in [1.82, 2.24) is 16.0 Å². The van der Waals surface area contributed by atoms with E-state index in [4.69, 9.17) is 5.73 Å². The molecule has 7 N–H and O–H groups in total. The van der Waals surface area contributed by atoms with Gasteiger partial charge in [0.25, 0.3) is 0 Å². The number of nitrogens with one attached hydrogen (secondary N) is 3. The van der Waals surface area contributed by atoms with Gasteiger partial charge >= 0.3 is 11.9 Å². The molecule has 0 spiro atoms. The molecule has 1 aromatic rings. The Morgan fingerprint density at radius 1 is 0.861 bits per heavy atom. The van der Waals surface area contributed by atoms with Gasteiger partial charge in [-0.05, 0) is 23.8 Å². The highest BCUT2D eigenvalue weighted by molar-refractivity contribution is 5.95. The molecular weight excluding hydrogens is 468 g/mol. The maximum absolute atomic E-state index is 13.1. The van der Waals surface area contributed by atoms with Crippen LogP contribution in [0.3, 0.4) is 0 Å². The summed E-state index contributed by atoms with van der Waals surface area (Å²) in [7, 11) is 0. The third-order valence-corrected chi connectivity index (χ3v) is 5.76. The van der Waals surface area contributed by atoms with Crippen LogP contribution >= 0.6 is 0 Å². The molecule has 0 aliphatic rings. The third-order valence-electron chi connectivity index (χ3n) is 5.76. The largest absolute Gasteiger partial charge is 0.481 e. The summed E-state index contributed by atoms with van der Waals surface area (Å²) in [5.41, 5.74) is 6.56. The summed E-state index contributed by atoms with van der Waals surface area (Å²) >= 11 is 0. The molecule has 0 bridgehead atoms. The zero-order valence-electron chi connectivity index (χ0n) is 21.2. The van der Waals surface area contributed by atoms with Crippen LogP contribution in [0, 0.1) is 11.8 Å². The van der Waals surface area contributed by atoms with E-state index in [9.17, 15) is 34.2 Å². The molecular formula is C25H38N4O7. The molecule has 5 atom stereocenters. The molecule has 0 aliphatic carbocycles. The van der Waals surface area contributed by atoms with Crippen LogP contribution < -0.4 is 21.7 Å². The minimum absolute atomic E-state index is 0.0362. The third kappa shape index (κ3) is 10.4. The lowest BCUT2D eigenvalue weighted by Crippen LogP contribution is -2.59. The van der Waals surface area contributed by atoms with Gasteiger partial charge in [0, 0.05) is 6.42 Å². The van der Waals surface area contributed by atoms with Gasteiger partial charge in [0.2, 0.25) is 17.7 Å². The maximum atomic E-state index is 13.1. The first-order valence-corrected chi connectivity index (χ1v) is 12.0. The van der Waals surface area contributed by atoms with Crippen LogP contribution in [0.5, 0.6) is 0 Å². The second kappa shape index (κ2) is 14.8. The van der Waals surface area contributed by atoms with E-state index >= 15 is 0 Å². The first kappa shape index (κ1) is 30.6. The summed E-state index contributed by atoms with van der Waals surface area (Å²) in [5.74, 6) is -5.15. The molecule has 0 aromatic heterocycles. The van der Waals surface area contributed by atoms with E-state index in [0.29, 0.717) is 18.4 Å². The van der Waals surface area contributed by atoms with Gasteiger partial charge in [-0.3, -0.25) is 19.2 Å². The second-order valence-corrected chi connectivity index (χ2v) is 9.36. The van der Waals surface area contributed by atoms with Crippen LogP contribution in [0.2, 0.25) is 0 Å². The molecule has 0 saturated carbocycles. The fourth-order valence-corrected chi connectivity index (χ4v) is 3.54. The zero-order chi connectivity index (χ0) is 27.4. The summed E-state index contributed by atoms with van der Waals surface area (Å²) in [6.45, 7) is 7.22. The normalized spacial score (nSPS) is 15.2. The SMILES string of the molecule is CCC(C)C(NC(=O)C(CC(=O)O)NC(=O)C(N)CC(C)C)C(=O)NC(Cc1ccccc1)C(=O)O. The van der Waals surface area contributed by atoms with E-state index in [1.54, 1.807) is 44.2 Å². The zero-order valence-corrected chi connectivity index (χ0v) is 21.2. The number of nitrogens with two attached hydrogens (primary N) is 1. The molecule has 0 aliphatic heterocycles. The van der Waals surface area contributed by atoms with Gasteiger partial charge in [-0.2, -0.15) is 0 Å². The van der Waals surface area contributed by atoms with Gasteiger partial charge in [-0.25, -0.2) is 4.79 Å². The Kier molecular flexibility index (Phi) is 12.6. The molecule has 0 fully saturated rings. The molecule has 11 heteroatoms. The second-order valence-electron chi connectivity index (χ2n) is 9.36. The van der Waals surface area contributed by atoms with Crippen molar-refractivity contribution in [3.05, 3.63) is 35.9 Å². The van der Waals surface area contributed by atoms with Crippen molar-refractivity contribution in [2.45, 2.75) is 77.5 Å². The van der Waals surface area contributed by atoms with E-state index in [-0.39, 0.29) is 12.3 Å². The summed E-state index contributed by atoms with van der Waals surface area (Å²) < 4.78 is 0. The Balaban J connectivity index is 3.03. The predicted octanol–water partition coefficient (Wildman–Crippen LogP) is 0.662. The van der Waals surface area contributed by atoms with Crippen LogP contribution in [0.25, 0.3) is 0 Å². The Morgan fingerprint density at radius 3 is 1.94 bits per heavy atom. The number of carboxylic acid groups (broad SMARTS) is 2. The molecule has 1 rings (SSSR count). The highest BCUT2D eigenvalue weighted by Crippen LogP contribution is 2.11. The van der Waals surface area contributed by atoms with Gasteiger partial charge in [0.05, 0.1) is 12.5 Å². The lowest BCUT2D eigenvalue weighted by atomic mass is 9.96. The number of rotatable bonds is 15. The summed E-state index contributed by atoms with van der Waals surface area (Å²) in [4.78, 5) is 61.6. The van der Waals surface area contributed by atoms with Crippen molar-refractivity contribution in [3.63, 3.8) is 0 Å². The Morgan fingerprint density at radius 2 is 1.44 bits per heavy atom. The Bertz CT molecular complexity index is 907. The van der Waals surface area contributed by atoms with E-state index in [1.807, 2.05) is 13.8 Å². The molecule has 5 unspecified atom stereocenters. The van der Waals surface area contributed by atoms with E-state index < -0.39 is 66.2 Å². The molecule has 11 nitrogen and oxygen atoms in total. The number of aliphatic carboxylic acids is 2. The van der Waals surface area contributed by atoms with Crippen molar-refractivity contribution < 1.29 is 34.2 Å². The van der Waals surface area contributed by atoms with E-state index in [1.165, 1.54) is 0 Å². The van der Waals surface area contributed by atoms with Crippen LogP contribution in [0.1, 0.15) is 52.5 Å². The highest BCUT2D eigenvalue weighted by atomic mass is 16.4.